The number of hydrogen-bond acceptors (Lipinski definition) is 2. The minimum atomic E-state index is 0.368. The summed E-state index contributed by atoms with van der Waals surface area (Å²) in [4.78, 5) is 0. The Hall–Kier alpha value is -0.0800. The fourth-order valence-electron chi connectivity index (χ4n) is 2.40. The van der Waals surface area contributed by atoms with E-state index in [9.17, 15) is 0 Å². The van der Waals surface area contributed by atoms with E-state index in [-0.39, 0.29) is 0 Å². The smallest absolute Gasteiger partial charge is 0.0431 e. The molecular weight excluding hydrogens is 234 g/mol. The molecule has 0 aromatic heterocycles. The van der Waals surface area contributed by atoms with Gasteiger partial charge in [0, 0.05) is 6.61 Å². The molecule has 0 amide bonds. The van der Waals surface area contributed by atoms with E-state index in [1.165, 1.54) is 90.1 Å². The first kappa shape index (κ1) is 18.9. The van der Waals surface area contributed by atoms with Gasteiger partial charge in [0.1, 0.15) is 0 Å². The monoisotopic (exact) mass is 271 g/mol. The van der Waals surface area contributed by atoms with Crippen LogP contribution >= 0.6 is 0 Å². The maximum atomic E-state index is 8.66. The second-order valence-corrected chi connectivity index (χ2v) is 5.72. The maximum absolute atomic E-state index is 8.66. The molecule has 0 saturated heterocycles. The zero-order chi connectivity index (χ0) is 14.0. The average Bonchev–Trinajstić information content (AvgIpc) is 2.43. The molecule has 0 saturated carbocycles. The van der Waals surface area contributed by atoms with Crippen molar-refractivity contribution in [2.24, 2.45) is 0 Å². The lowest BCUT2D eigenvalue weighted by molar-refractivity contribution is 0.282. The third-order valence-electron chi connectivity index (χ3n) is 3.72. The van der Waals surface area contributed by atoms with Gasteiger partial charge in [0.05, 0.1) is 0 Å². The van der Waals surface area contributed by atoms with Crippen molar-refractivity contribution < 1.29 is 5.11 Å². The summed E-state index contributed by atoms with van der Waals surface area (Å²) in [5, 5.41) is 12.2. The van der Waals surface area contributed by atoms with Crippen LogP contribution < -0.4 is 5.32 Å². The van der Waals surface area contributed by atoms with Crippen LogP contribution in [-0.2, 0) is 0 Å². The Morgan fingerprint density at radius 1 is 0.579 bits per heavy atom. The zero-order valence-electron chi connectivity index (χ0n) is 13.3. The number of aliphatic hydroxyl groups excluding tert-OH is 1. The van der Waals surface area contributed by atoms with E-state index < -0.39 is 0 Å². The number of aliphatic hydroxyl groups is 1. The molecule has 0 aromatic carbocycles. The summed E-state index contributed by atoms with van der Waals surface area (Å²) in [5.41, 5.74) is 0. The van der Waals surface area contributed by atoms with Crippen molar-refractivity contribution in [3.05, 3.63) is 0 Å². The molecule has 0 spiro atoms. The molecule has 0 radical (unpaired) electrons. The lowest BCUT2D eigenvalue weighted by Gasteiger charge is -2.04. The van der Waals surface area contributed by atoms with Crippen molar-refractivity contribution in [1.29, 1.82) is 0 Å². The number of nitrogens with one attached hydrogen (secondary N) is 1. The van der Waals surface area contributed by atoms with Crippen molar-refractivity contribution in [3.63, 3.8) is 0 Å². The molecule has 0 unspecified atom stereocenters. The van der Waals surface area contributed by atoms with E-state index in [1.807, 2.05) is 0 Å². The van der Waals surface area contributed by atoms with E-state index in [0.717, 1.165) is 6.42 Å². The van der Waals surface area contributed by atoms with Crippen molar-refractivity contribution in [1.82, 2.24) is 5.32 Å². The topological polar surface area (TPSA) is 32.3 Å². The lowest BCUT2D eigenvalue weighted by Crippen LogP contribution is -2.16. The van der Waals surface area contributed by atoms with Crippen LogP contribution in [0.1, 0.15) is 90.4 Å². The number of hydrogen-bond donors (Lipinski definition) is 2. The SMILES string of the molecule is CCCCCNCCCCCCCCCCCCO. The summed E-state index contributed by atoms with van der Waals surface area (Å²) in [6.45, 7) is 5.05. The summed E-state index contributed by atoms with van der Waals surface area (Å²) < 4.78 is 0. The Labute approximate surface area is 121 Å². The van der Waals surface area contributed by atoms with Crippen molar-refractivity contribution in [2.75, 3.05) is 19.7 Å². The van der Waals surface area contributed by atoms with Gasteiger partial charge in [-0.15, -0.1) is 0 Å². The molecule has 0 aliphatic rings. The molecule has 0 aromatic rings. The van der Waals surface area contributed by atoms with Gasteiger partial charge in [0.25, 0.3) is 0 Å². The highest BCUT2D eigenvalue weighted by atomic mass is 16.2. The van der Waals surface area contributed by atoms with Gasteiger partial charge in [-0.1, -0.05) is 71.1 Å². The molecular formula is C17H37NO. The van der Waals surface area contributed by atoms with Crippen LogP contribution in [0.4, 0.5) is 0 Å². The predicted molar refractivity (Wildman–Crippen MR) is 85.7 cm³/mol. The van der Waals surface area contributed by atoms with Crippen LogP contribution in [0.25, 0.3) is 0 Å². The highest BCUT2D eigenvalue weighted by molar-refractivity contribution is 4.51. The quantitative estimate of drug-likeness (QED) is 0.400. The normalized spacial score (nSPS) is 11.1. The first-order chi connectivity index (χ1) is 9.41. The van der Waals surface area contributed by atoms with E-state index in [1.54, 1.807) is 0 Å². The second-order valence-electron chi connectivity index (χ2n) is 5.72. The standard InChI is InChI=1S/C17H37NO/c1-2-3-12-15-18-16-13-10-8-6-4-5-7-9-11-14-17-19/h18-19H,2-17H2,1H3. The minimum Gasteiger partial charge on any atom is -0.396 e. The van der Waals surface area contributed by atoms with Crippen molar-refractivity contribution >= 4 is 0 Å². The summed E-state index contributed by atoms with van der Waals surface area (Å²) in [6, 6.07) is 0. The summed E-state index contributed by atoms with van der Waals surface area (Å²) in [5.74, 6) is 0. The van der Waals surface area contributed by atoms with Gasteiger partial charge in [-0.25, -0.2) is 0 Å². The third-order valence-corrected chi connectivity index (χ3v) is 3.72. The molecule has 0 heterocycles. The highest BCUT2D eigenvalue weighted by Gasteiger charge is 1.93. The minimum absolute atomic E-state index is 0.368. The van der Waals surface area contributed by atoms with E-state index >= 15 is 0 Å². The van der Waals surface area contributed by atoms with Gasteiger partial charge < -0.3 is 10.4 Å². The van der Waals surface area contributed by atoms with Gasteiger partial charge in [-0.2, -0.15) is 0 Å². The Kier molecular flexibility index (Phi) is 17.8. The van der Waals surface area contributed by atoms with Crippen molar-refractivity contribution in [2.45, 2.75) is 90.4 Å². The van der Waals surface area contributed by atoms with Gasteiger partial charge in [-0.3, -0.25) is 0 Å². The first-order valence-corrected chi connectivity index (χ1v) is 8.73. The number of unbranched alkanes of at least 4 members (excludes halogenated alkanes) is 11. The van der Waals surface area contributed by atoms with Gasteiger partial charge in [0.15, 0.2) is 0 Å². The fourth-order valence-corrected chi connectivity index (χ4v) is 2.40. The molecule has 0 rings (SSSR count). The molecule has 0 atom stereocenters. The zero-order valence-corrected chi connectivity index (χ0v) is 13.3. The Morgan fingerprint density at radius 3 is 1.47 bits per heavy atom. The molecule has 2 nitrogen and oxygen atoms in total. The molecule has 2 N–H and O–H groups in total. The fraction of sp³-hybridized carbons (Fsp3) is 1.00. The number of rotatable bonds is 16. The second kappa shape index (κ2) is 17.9. The average molecular weight is 271 g/mol. The largest absolute Gasteiger partial charge is 0.396 e. The molecule has 19 heavy (non-hydrogen) atoms. The van der Waals surface area contributed by atoms with Gasteiger partial charge in [-0.05, 0) is 32.4 Å². The Morgan fingerprint density at radius 2 is 1.00 bits per heavy atom. The summed E-state index contributed by atoms with van der Waals surface area (Å²) in [7, 11) is 0. The van der Waals surface area contributed by atoms with Crippen LogP contribution in [0.15, 0.2) is 0 Å². The first-order valence-electron chi connectivity index (χ1n) is 8.73. The maximum Gasteiger partial charge on any atom is 0.0431 e. The lowest BCUT2D eigenvalue weighted by atomic mass is 10.1. The van der Waals surface area contributed by atoms with Crippen LogP contribution in [-0.4, -0.2) is 24.8 Å². The molecule has 0 aliphatic heterocycles. The van der Waals surface area contributed by atoms with E-state index in [4.69, 9.17) is 5.11 Å². The predicted octanol–water partition coefficient (Wildman–Crippen LogP) is 4.66. The van der Waals surface area contributed by atoms with Crippen LogP contribution in [0.3, 0.4) is 0 Å². The third kappa shape index (κ3) is 17.9. The molecule has 116 valence electrons. The molecule has 2 heteroatoms. The summed E-state index contributed by atoms with van der Waals surface area (Å²) >= 11 is 0. The van der Waals surface area contributed by atoms with E-state index in [2.05, 4.69) is 12.2 Å². The van der Waals surface area contributed by atoms with Gasteiger partial charge in [0.2, 0.25) is 0 Å². The van der Waals surface area contributed by atoms with Crippen LogP contribution in [0.5, 0.6) is 0 Å². The van der Waals surface area contributed by atoms with E-state index in [0.29, 0.717) is 6.61 Å². The summed E-state index contributed by atoms with van der Waals surface area (Å²) in [6.07, 6.45) is 17.3. The van der Waals surface area contributed by atoms with Crippen LogP contribution in [0.2, 0.25) is 0 Å². The Bertz CT molecular complexity index is 134. The van der Waals surface area contributed by atoms with Gasteiger partial charge >= 0.3 is 0 Å². The highest BCUT2D eigenvalue weighted by Crippen LogP contribution is 2.10. The Balaban J connectivity index is 2.88. The molecule has 0 fully saturated rings. The van der Waals surface area contributed by atoms with Crippen LogP contribution in [0, 0.1) is 0 Å². The molecule has 0 aliphatic carbocycles. The van der Waals surface area contributed by atoms with Crippen molar-refractivity contribution in [3.8, 4) is 0 Å². The molecule has 0 bridgehead atoms.